The quantitative estimate of drug-likeness (QED) is 0.379. The SMILES string of the molecule is Cc1cc(C(=O)CSc2nnnn2-c2cccc(Br)c2)c(C)n1CC1CCCO1. The molecule has 0 saturated carbocycles. The number of aryl methyl sites for hydroxylation is 1. The lowest BCUT2D eigenvalue weighted by Crippen LogP contribution is -2.17. The van der Waals surface area contributed by atoms with Crippen molar-refractivity contribution in [2.45, 2.75) is 44.5 Å². The van der Waals surface area contributed by atoms with Gasteiger partial charge in [0.2, 0.25) is 5.16 Å². The first-order valence-electron chi connectivity index (χ1n) is 9.51. The summed E-state index contributed by atoms with van der Waals surface area (Å²) < 4.78 is 10.5. The molecular formula is C20H22BrN5O2S. The third kappa shape index (κ3) is 4.46. The van der Waals surface area contributed by atoms with Crippen LogP contribution in [0.5, 0.6) is 0 Å². The second kappa shape index (κ2) is 8.81. The van der Waals surface area contributed by atoms with Crippen molar-refractivity contribution in [3.63, 3.8) is 0 Å². The molecule has 9 heteroatoms. The maximum atomic E-state index is 12.9. The fourth-order valence-electron chi connectivity index (χ4n) is 3.60. The van der Waals surface area contributed by atoms with Crippen LogP contribution in [0.25, 0.3) is 5.69 Å². The number of ether oxygens (including phenoxy) is 1. The maximum absolute atomic E-state index is 12.9. The van der Waals surface area contributed by atoms with Gasteiger partial charge in [-0.2, -0.15) is 4.68 Å². The van der Waals surface area contributed by atoms with E-state index in [4.69, 9.17) is 4.74 Å². The molecule has 1 saturated heterocycles. The molecule has 1 aliphatic heterocycles. The Morgan fingerprint density at radius 3 is 2.97 bits per heavy atom. The minimum absolute atomic E-state index is 0.0745. The molecule has 1 unspecified atom stereocenters. The highest BCUT2D eigenvalue weighted by molar-refractivity contribution is 9.10. The zero-order valence-corrected chi connectivity index (χ0v) is 18.7. The summed E-state index contributed by atoms with van der Waals surface area (Å²) in [6, 6.07) is 9.69. The number of aromatic nitrogens is 5. The number of carbonyl (C=O) groups is 1. The van der Waals surface area contributed by atoms with Gasteiger partial charge in [-0.1, -0.05) is 33.8 Å². The Morgan fingerprint density at radius 2 is 2.21 bits per heavy atom. The summed E-state index contributed by atoms with van der Waals surface area (Å²) in [5.74, 6) is 0.351. The van der Waals surface area contributed by atoms with Gasteiger partial charge < -0.3 is 9.30 Å². The first-order valence-corrected chi connectivity index (χ1v) is 11.3. The predicted octanol–water partition coefficient (Wildman–Crippen LogP) is 4.00. The third-order valence-corrected chi connectivity index (χ3v) is 6.52. The third-order valence-electron chi connectivity index (χ3n) is 5.11. The minimum Gasteiger partial charge on any atom is -0.376 e. The van der Waals surface area contributed by atoms with Gasteiger partial charge in [-0.25, -0.2) is 0 Å². The molecule has 0 aliphatic carbocycles. The summed E-state index contributed by atoms with van der Waals surface area (Å²) in [4.78, 5) is 12.9. The van der Waals surface area contributed by atoms with Gasteiger partial charge in [0.15, 0.2) is 5.78 Å². The van der Waals surface area contributed by atoms with E-state index in [0.29, 0.717) is 5.16 Å². The monoisotopic (exact) mass is 475 g/mol. The topological polar surface area (TPSA) is 74.8 Å². The summed E-state index contributed by atoms with van der Waals surface area (Å²) in [5, 5.41) is 12.5. The lowest BCUT2D eigenvalue weighted by atomic mass is 10.2. The smallest absolute Gasteiger partial charge is 0.214 e. The number of rotatable bonds is 7. The van der Waals surface area contributed by atoms with Crippen LogP contribution < -0.4 is 0 Å². The van der Waals surface area contributed by atoms with Gasteiger partial charge >= 0.3 is 0 Å². The van der Waals surface area contributed by atoms with E-state index in [-0.39, 0.29) is 17.6 Å². The Kier molecular flexibility index (Phi) is 6.17. The molecule has 1 aliphatic rings. The highest BCUT2D eigenvalue weighted by Gasteiger charge is 2.21. The number of ketones is 1. The molecule has 0 spiro atoms. The standard InChI is InChI=1S/C20H22BrN5O2S/c1-13-9-18(14(2)25(13)11-17-7-4-8-28-17)19(27)12-29-20-22-23-24-26(20)16-6-3-5-15(21)10-16/h3,5-6,9-10,17H,4,7-8,11-12H2,1-2H3. The van der Waals surface area contributed by atoms with Gasteiger partial charge in [-0.3, -0.25) is 4.79 Å². The molecule has 0 amide bonds. The summed E-state index contributed by atoms with van der Waals surface area (Å²) in [6.07, 6.45) is 2.43. The largest absolute Gasteiger partial charge is 0.376 e. The number of Topliss-reactive ketones (excluding diaryl/α,β-unsaturated/α-hetero) is 1. The van der Waals surface area contributed by atoms with Crippen LogP contribution in [0.4, 0.5) is 0 Å². The van der Waals surface area contributed by atoms with E-state index < -0.39 is 0 Å². The average molecular weight is 476 g/mol. The van der Waals surface area contributed by atoms with E-state index in [9.17, 15) is 4.79 Å². The van der Waals surface area contributed by atoms with Crippen molar-refractivity contribution < 1.29 is 9.53 Å². The number of benzene rings is 1. The summed E-state index contributed by atoms with van der Waals surface area (Å²) in [6.45, 7) is 5.68. The van der Waals surface area contributed by atoms with E-state index >= 15 is 0 Å². The molecule has 1 fully saturated rings. The van der Waals surface area contributed by atoms with Crippen LogP contribution in [0.1, 0.15) is 34.6 Å². The Bertz CT molecular complexity index is 1030. The van der Waals surface area contributed by atoms with Crippen LogP contribution in [-0.4, -0.2) is 49.0 Å². The Balaban J connectivity index is 1.46. The minimum atomic E-state index is 0.0745. The van der Waals surface area contributed by atoms with Crippen molar-refractivity contribution in [2.24, 2.45) is 0 Å². The number of carbonyl (C=O) groups excluding carboxylic acids is 1. The van der Waals surface area contributed by atoms with Crippen LogP contribution in [0.2, 0.25) is 0 Å². The Hall–Kier alpha value is -1.97. The molecular weight excluding hydrogens is 454 g/mol. The number of halogens is 1. The molecule has 0 N–H and O–H groups in total. The number of hydrogen-bond donors (Lipinski definition) is 0. The number of hydrogen-bond acceptors (Lipinski definition) is 6. The van der Waals surface area contributed by atoms with Gasteiger partial charge in [-0.15, -0.1) is 5.10 Å². The van der Waals surface area contributed by atoms with Crippen molar-refractivity contribution >= 4 is 33.5 Å². The molecule has 1 aromatic carbocycles. The fourth-order valence-corrected chi connectivity index (χ4v) is 4.76. The average Bonchev–Trinajstić information content (AvgIpc) is 3.44. The van der Waals surface area contributed by atoms with Gasteiger partial charge in [0.05, 0.1) is 17.5 Å². The summed E-state index contributed by atoms with van der Waals surface area (Å²) >= 11 is 4.80. The molecule has 2 aromatic heterocycles. The van der Waals surface area contributed by atoms with Crippen molar-refractivity contribution in [2.75, 3.05) is 12.4 Å². The van der Waals surface area contributed by atoms with Gasteiger partial charge in [0.25, 0.3) is 0 Å². The normalized spacial score (nSPS) is 16.4. The van der Waals surface area contributed by atoms with E-state index in [1.54, 1.807) is 4.68 Å². The first-order chi connectivity index (χ1) is 14.0. The zero-order valence-electron chi connectivity index (χ0n) is 16.3. The van der Waals surface area contributed by atoms with Crippen molar-refractivity contribution in [3.8, 4) is 5.69 Å². The van der Waals surface area contributed by atoms with Gasteiger partial charge in [0.1, 0.15) is 0 Å². The molecule has 152 valence electrons. The predicted molar refractivity (Wildman–Crippen MR) is 115 cm³/mol. The first kappa shape index (κ1) is 20.3. The van der Waals surface area contributed by atoms with E-state index in [2.05, 4.69) is 36.0 Å². The van der Waals surface area contributed by atoms with Crippen LogP contribution >= 0.6 is 27.7 Å². The molecule has 7 nitrogen and oxygen atoms in total. The molecule has 4 rings (SSSR count). The molecule has 3 heterocycles. The molecule has 1 atom stereocenters. The van der Waals surface area contributed by atoms with Gasteiger partial charge in [0, 0.05) is 34.6 Å². The van der Waals surface area contributed by atoms with Crippen LogP contribution in [0.15, 0.2) is 40.0 Å². The van der Waals surface area contributed by atoms with E-state index in [1.165, 1.54) is 11.8 Å². The Morgan fingerprint density at radius 1 is 1.34 bits per heavy atom. The molecule has 29 heavy (non-hydrogen) atoms. The molecule has 0 radical (unpaired) electrons. The lowest BCUT2D eigenvalue weighted by molar-refractivity contribution is 0.0957. The van der Waals surface area contributed by atoms with Crippen LogP contribution in [0.3, 0.4) is 0 Å². The summed E-state index contributed by atoms with van der Waals surface area (Å²) in [7, 11) is 0. The summed E-state index contributed by atoms with van der Waals surface area (Å²) in [5.41, 5.74) is 3.68. The number of tetrazole rings is 1. The zero-order chi connectivity index (χ0) is 20.4. The van der Waals surface area contributed by atoms with E-state index in [0.717, 1.165) is 53.1 Å². The lowest BCUT2D eigenvalue weighted by Gasteiger charge is -2.14. The highest BCUT2D eigenvalue weighted by atomic mass is 79.9. The number of thioether (sulfide) groups is 1. The molecule has 3 aromatic rings. The van der Waals surface area contributed by atoms with Crippen molar-refractivity contribution in [1.29, 1.82) is 0 Å². The van der Waals surface area contributed by atoms with Gasteiger partial charge in [-0.05, 0) is 61.4 Å². The van der Waals surface area contributed by atoms with Crippen LogP contribution in [-0.2, 0) is 11.3 Å². The van der Waals surface area contributed by atoms with E-state index in [1.807, 2.05) is 44.2 Å². The fraction of sp³-hybridized carbons (Fsp3) is 0.400. The van der Waals surface area contributed by atoms with Crippen molar-refractivity contribution in [1.82, 2.24) is 24.8 Å². The maximum Gasteiger partial charge on any atom is 0.214 e. The second-order valence-electron chi connectivity index (χ2n) is 7.10. The number of nitrogens with zero attached hydrogens (tertiary/aromatic N) is 5. The Labute approximate surface area is 181 Å². The molecule has 0 bridgehead atoms. The highest BCUT2D eigenvalue weighted by Crippen LogP contribution is 2.24. The second-order valence-corrected chi connectivity index (χ2v) is 8.95. The van der Waals surface area contributed by atoms with Crippen LogP contribution in [0, 0.1) is 13.8 Å². The van der Waals surface area contributed by atoms with Crippen molar-refractivity contribution in [3.05, 3.63) is 51.8 Å².